The van der Waals surface area contributed by atoms with E-state index in [1.807, 2.05) is 6.08 Å². The second-order valence-electron chi connectivity index (χ2n) is 7.89. The largest absolute Gasteiger partial charge is 0.411 e. The molecule has 10 heteroatoms. The zero-order valence-electron chi connectivity index (χ0n) is 21.3. The normalized spacial score (nSPS) is 11.9. The van der Waals surface area contributed by atoms with Crippen LogP contribution in [0.3, 0.4) is 0 Å². The highest BCUT2D eigenvalue weighted by atomic mass is 19.4. The number of hydrogen-bond acceptors (Lipinski definition) is 7. The number of alkyl halides is 3. The minimum Gasteiger partial charge on any atom is -0.379 e. The molecule has 0 radical (unpaired) electrons. The monoisotopic (exact) mass is 516 g/mol. The number of allylic oxidation sites excluding steroid dienone is 1. The van der Waals surface area contributed by atoms with E-state index in [-0.39, 0.29) is 13.2 Å². The van der Waals surface area contributed by atoms with E-state index >= 15 is 0 Å². The van der Waals surface area contributed by atoms with Crippen molar-refractivity contribution in [3.05, 3.63) is 12.7 Å². The molecule has 7 nitrogen and oxygen atoms in total. The second kappa shape index (κ2) is 27.8. The van der Waals surface area contributed by atoms with Gasteiger partial charge >= 0.3 is 6.18 Å². The lowest BCUT2D eigenvalue weighted by Crippen LogP contribution is -2.19. The Balaban J connectivity index is 3.04. The Labute approximate surface area is 209 Å². The Bertz CT molecular complexity index is 426. The van der Waals surface area contributed by atoms with Crippen LogP contribution in [0.1, 0.15) is 51.4 Å². The van der Waals surface area contributed by atoms with Gasteiger partial charge in [0.25, 0.3) is 0 Å². The van der Waals surface area contributed by atoms with Crippen LogP contribution in [0.4, 0.5) is 13.2 Å². The molecule has 0 aliphatic rings. The maximum absolute atomic E-state index is 11.8. The second-order valence-corrected chi connectivity index (χ2v) is 7.89. The van der Waals surface area contributed by atoms with Crippen LogP contribution in [0.15, 0.2) is 12.7 Å². The average molecular weight is 517 g/mol. The van der Waals surface area contributed by atoms with Gasteiger partial charge in [0.2, 0.25) is 0 Å². The predicted octanol–water partition coefficient (Wildman–Crippen LogP) is 4.97. The highest BCUT2D eigenvalue weighted by molar-refractivity contribution is 4.65. The lowest BCUT2D eigenvalue weighted by molar-refractivity contribution is -0.176. The van der Waals surface area contributed by atoms with Crippen LogP contribution in [-0.4, -0.2) is 98.7 Å². The minimum atomic E-state index is -4.30. The highest BCUT2D eigenvalue weighted by Gasteiger charge is 2.27. The molecule has 0 N–H and O–H groups in total. The third-order valence-corrected chi connectivity index (χ3v) is 4.69. The molecule has 0 aliphatic carbocycles. The molecule has 35 heavy (non-hydrogen) atoms. The lowest BCUT2D eigenvalue weighted by atomic mass is 10.1. The number of halogens is 3. The summed E-state index contributed by atoms with van der Waals surface area (Å²) >= 11 is 0. The summed E-state index contributed by atoms with van der Waals surface area (Å²) in [5.74, 6) is 0. The van der Waals surface area contributed by atoms with Crippen LogP contribution >= 0.6 is 0 Å². The van der Waals surface area contributed by atoms with Crippen molar-refractivity contribution in [1.82, 2.24) is 0 Å². The van der Waals surface area contributed by atoms with Gasteiger partial charge in [0.05, 0.1) is 79.3 Å². The van der Waals surface area contributed by atoms with E-state index in [0.29, 0.717) is 66.1 Å². The van der Waals surface area contributed by atoms with Gasteiger partial charge in [0.15, 0.2) is 0 Å². The SMILES string of the molecule is C=CCCCCCCCCCOCCOCCOCCOCCOCCOCCOCC(F)(F)F. The first-order valence-electron chi connectivity index (χ1n) is 12.8. The molecule has 0 unspecified atom stereocenters. The van der Waals surface area contributed by atoms with Crippen molar-refractivity contribution in [2.45, 2.75) is 57.5 Å². The molecule has 0 heterocycles. The van der Waals surface area contributed by atoms with Crippen LogP contribution in [0.5, 0.6) is 0 Å². The van der Waals surface area contributed by atoms with Gasteiger partial charge in [0, 0.05) is 6.61 Å². The average Bonchev–Trinajstić information content (AvgIpc) is 2.82. The Morgan fingerprint density at radius 1 is 0.429 bits per heavy atom. The van der Waals surface area contributed by atoms with Gasteiger partial charge in [-0.05, 0) is 19.3 Å². The Kier molecular flexibility index (Phi) is 27.2. The Hall–Kier alpha value is -0.750. The maximum Gasteiger partial charge on any atom is 0.411 e. The molecular weight excluding hydrogens is 469 g/mol. The highest BCUT2D eigenvalue weighted by Crippen LogP contribution is 2.14. The smallest absolute Gasteiger partial charge is 0.379 e. The summed E-state index contributed by atoms with van der Waals surface area (Å²) in [6, 6.07) is 0. The topological polar surface area (TPSA) is 64.6 Å². The third-order valence-electron chi connectivity index (χ3n) is 4.69. The van der Waals surface area contributed by atoms with Gasteiger partial charge in [-0.25, -0.2) is 0 Å². The molecule has 0 fully saturated rings. The maximum atomic E-state index is 11.8. The summed E-state index contributed by atoms with van der Waals surface area (Å²) < 4.78 is 72.2. The van der Waals surface area contributed by atoms with Crippen LogP contribution in [0.25, 0.3) is 0 Å². The zero-order valence-corrected chi connectivity index (χ0v) is 21.3. The molecule has 0 aromatic heterocycles. The van der Waals surface area contributed by atoms with E-state index < -0.39 is 12.8 Å². The molecule has 0 aromatic rings. The fourth-order valence-corrected chi connectivity index (χ4v) is 2.88. The minimum absolute atomic E-state index is 0.0982. The van der Waals surface area contributed by atoms with E-state index in [2.05, 4.69) is 11.3 Å². The van der Waals surface area contributed by atoms with Crippen molar-refractivity contribution in [2.24, 2.45) is 0 Å². The fraction of sp³-hybridized carbons (Fsp3) is 0.920. The molecule has 0 saturated heterocycles. The van der Waals surface area contributed by atoms with Gasteiger partial charge in [-0.3, -0.25) is 0 Å². The first-order chi connectivity index (χ1) is 17.1. The number of hydrogen-bond donors (Lipinski definition) is 0. The van der Waals surface area contributed by atoms with E-state index in [1.165, 1.54) is 38.5 Å². The molecule has 0 aliphatic heterocycles. The third kappa shape index (κ3) is 33.2. The van der Waals surface area contributed by atoms with Crippen molar-refractivity contribution < 1.29 is 46.3 Å². The van der Waals surface area contributed by atoms with E-state index in [0.717, 1.165) is 19.4 Å². The van der Waals surface area contributed by atoms with E-state index in [9.17, 15) is 13.2 Å². The number of unbranched alkanes of at least 4 members (excludes halogenated alkanes) is 7. The summed E-state index contributed by atoms with van der Waals surface area (Å²) in [5, 5.41) is 0. The fourth-order valence-electron chi connectivity index (χ4n) is 2.88. The molecule has 0 spiro atoms. The molecule has 210 valence electrons. The molecule has 0 aromatic carbocycles. The zero-order chi connectivity index (χ0) is 25.7. The quantitative estimate of drug-likeness (QED) is 0.103. The molecule has 0 rings (SSSR count). The molecule has 0 atom stereocenters. The van der Waals surface area contributed by atoms with Gasteiger partial charge in [-0.1, -0.05) is 38.2 Å². The van der Waals surface area contributed by atoms with Crippen molar-refractivity contribution in [3.63, 3.8) is 0 Å². The summed E-state index contributed by atoms with van der Waals surface area (Å²) in [6.45, 7) is 7.93. The van der Waals surface area contributed by atoms with E-state index in [4.69, 9.17) is 28.4 Å². The van der Waals surface area contributed by atoms with Crippen molar-refractivity contribution in [3.8, 4) is 0 Å². The van der Waals surface area contributed by atoms with Crippen LogP contribution < -0.4 is 0 Å². The molecule has 0 amide bonds. The standard InChI is InChI=1S/C25H47F3O7/c1-2-3-4-5-6-7-8-9-10-11-29-12-13-30-14-15-31-16-17-32-18-19-33-20-21-34-22-23-35-24-25(26,27)28/h2H,1,3-24H2. The molecule has 0 bridgehead atoms. The lowest BCUT2D eigenvalue weighted by Gasteiger charge is -2.09. The van der Waals surface area contributed by atoms with Gasteiger partial charge < -0.3 is 33.2 Å². The summed E-state index contributed by atoms with van der Waals surface area (Å²) in [4.78, 5) is 0. The number of rotatable bonds is 29. The predicted molar refractivity (Wildman–Crippen MR) is 129 cm³/mol. The Morgan fingerprint density at radius 3 is 1.11 bits per heavy atom. The summed E-state index contributed by atoms with van der Waals surface area (Å²) in [7, 11) is 0. The summed E-state index contributed by atoms with van der Waals surface area (Å²) in [6.07, 6.45) is 7.65. The van der Waals surface area contributed by atoms with Crippen LogP contribution in [-0.2, 0) is 33.2 Å². The summed E-state index contributed by atoms with van der Waals surface area (Å²) in [5.41, 5.74) is 0. The van der Waals surface area contributed by atoms with Gasteiger partial charge in [-0.15, -0.1) is 6.58 Å². The first kappa shape index (κ1) is 34.2. The first-order valence-corrected chi connectivity index (χ1v) is 12.8. The number of ether oxygens (including phenoxy) is 7. The van der Waals surface area contributed by atoms with Crippen LogP contribution in [0, 0.1) is 0 Å². The molecule has 0 saturated carbocycles. The van der Waals surface area contributed by atoms with Gasteiger partial charge in [0.1, 0.15) is 6.61 Å². The Morgan fingerprint density at radius 2 is 0.743 bits per heavy atom. The van der Waals surface area contributed by atoms with E-state index in [1.54, 1.807) is 0 Å². The van der Waals surface area contributed by atoms with Crippen LogP contribution in [0.2, 0.25) is 0 Å². The van der Waals surface area contributed by atoms with Gasteiger partial charge in [-0.2, -0.15) is 13.2 Å². The van der Waals surface area contributed by atoms with Crippen molar-refractivity contribution >= 4 is 0 Å². The van der Waals surface area contributed by atoms with Crippen molar-refractivity contribution in [1.29, 1.82) is 0 Å². The van der Waals surface area contributed by atoms with Crippen molar-refractivity contribution in [2.75, 3.05) is 92.5 Å². The molecular formula is C25H47F3O7.